The van der Waals surface area contributed by atoms with Crippen LogP contribution in [0.15, 0.2) is 53.4 Å². The maximum Gasteiger partial charge on any atom is 0.251 e. The lowest BCUT2D eigenvalue weighted by Gasteiger charge is -2.19. The third kappa shape index (κ3) is 6.98. The van der Waals surface area contributed by atoms with E-state index in [0.717, 1.165) is 4.90 Å². The van der Waals surface area contributed by atoms with E-state index in [0.29, 0.717) is 24.4 Å². The van der Waals surface area contributed by atoms with Gasteiger partial charge in [0.1, 0.15) is 5.75 Å². The van der Waals surface area contributed by atoms with E-state index in [1.807, 2.05) is 12.1 Å². The van der Waals surface area contributed by atoms with Crippen molar-refractivity contribution in [2.24, 2.45) is 0 Å². The third-order valence-corrected chi connectivity index (χ3v) is 4.96. The Labute approximate surface area is 164 Å². The van der Waals surface area contributed by atoms with Gasteiger partial charge in [-0.2, -0.15) is 0 Å². The molecule has 3 N–H and O–H groups in total. The van der Waals surface area contributed by atoms with Crippen molar-refractivity contribution in [3.63, 3.8) is 0 Å². The summed E-state index contributed by atoms with van der Waals surface area (Å²) in [5.74, 6) is 0.140. The smallest absolute Gasteiger partial charge is 0.251 e. The van der Waals surface area contributed by atoms with Gasteiger partial charge in [-0.15, -0.1) is 11.8 Å². The van der Waals surface area contributed by atoms with E-state index < -0.39 is 0 Å². The van der Waals surface area contributed by atoms with Crippen LogP contribution in [0, 0.1) is 0 Å². The van der Waals surface area contributed by atoms with Gasteiger partial charge in [0.2, 0.25) is 5.91 Å². The lowest BCUT2D eigenvalue weighted by molar-refractivity contribution is -0.118. The van der Waals surface area contributed by atoms with E-state index in [2.05, 4.69) is 43.5 Å². The molecule has 2 rings (SSSR count). The van der Waals surface area contributed by atoms with Crippen molar-refractivity contribution in [1.29, 1.82) is 0 Å². The maximum atomic E-state index is 11.9. The summed E-state index contributed by atoms with van der Waals surface area (Å²) < 4.78 is 0. The molecule has 27 heavy (non-hydrogen) atoms. The Balaban J connectivity index is 1.66. The summed E-state index contributed by atoms with van der Waals surface area (Å²) in [5, 5.41) is 14.7. The molecule has 0 aliphatic rings. The van der Waals surface area contributed by atoms with Gasteiger partial charge in [0, 0.05) is 23.5 Å². The van der Waals surface area contributed by atoms with Gasteiger partial charge in [-0.05, 0) is 47.4 Å². The Morgan fingerprint density at radius 1 is 0.926 bits per heavy atom. The molecule has 0 aliphatic carbocycles. The van der Waals surface area contributed by atoms with Gasteiger partial charge < -0.3 is 15.7 Å². The highest BCUT2D eigenvalue weighted by Crippen LogP contribution is 2.25. The maximum absolute atomic E-state index is 11.9. The molecule has 0 fully saturated rings. The molecule has 6 heteroatoms. The van der Waals surface area contributed by atoms with Crippen LogP contribution < -0.4 is 10.6 Å². The molecule has 0 saturated heterocycles. The lowest BCUT2D eigenvalue weighted by atomic mass is 9.87. The molecule has 0 saturated carbocycles. The van der Waals surface area contributed by atoms with Crippen molar-refractivity contribution in [2.75, 3.05) is 18.8 Å². The molecule has 0 spiro atoms. The number of phenols is 1. The molecule has 2 aromatic rings. The number of rotatable bonds is 7. The molecule has 0 unspecified atom stereocenters. The number of carbonyl (C=O) groups is 2. The molecule has 0 atom stereocenters. The summed E-state index contributed by atoms with van der Waals surface area (Å²) in [6, 6.07) is 14.3. The highest BCUT2D eigenvalue weighted by atomic mass is 32.2. The fraction of sp³-hybridized carbons (Fsp3) is 0.333. The van der Waals surface area contributed by atoms with Crippen LogP contribution in [0.5, 0.6) is 5.75 Å². The van der Waals surface area contributed by atoms with Gasteiger partial charge in [-0.3, -0.25) is 9.59 Å². The number of hydrogen-bond acceptors (Lipinski definition) is 4. The number of aromatic hydroxyl groups is 1. The Morgan fingerprint density at radius 3 is 2.11 bits per heavy atom. The van der Waals surface area contributed by atoms with Crippen LogP contribution in [0.4, 0.5) is 0 Å². The lowest BCUT2D eigenvalue weighted by Crippen LogP contribution is -2.35. The van der Waals surface area contributed by atoms with Crippen LogP contribution in [0.25, 0.3) is 0 Å². The first-order valence-corrected chi connectivity index (χ1v) is 9.81. The van der Waals surface area contributed by atoms with Gasteiger partial charge >= 0.3 is 0 Å². The second-order valence-corrected chi connectivity index (χ2v) is 8.26. The van der Waals surface area contributed by atoms with Crippen molar-refractivity contribution in [1.82, 2.24) is 10.6 Å². The fourth-order valence-electron chi connectivity index (χ4n) is 2.34. The molecule has 0 bridgehead atoms. The Hall–Kier alpha value is -2.47. The first-order valence-electron chi connectivity index (χ1n) is 8.83. The highest BCUT2D eigenvalue weighted by Gasteiger charge is 2.13. The predicted molar refractivity (Wildman–Crippen MR) is 109 cm³/mol. The van der Waals surface area contributed by atoms with Crippen molar-refractivity contribution in [3.8, 4) is 5.75 Å². The normalized spacial score (nSPS) is 11.1. The van der Waals surface area contributed by atoms with Gasteiger partial charge in [-0.25, -0.2) is 0 Å². The molecule has 2 aromatic carbocycles. The van der Waals surface area contributed by atoms with Crippen LogP contribution >= 0.6 is 11.8 Å². The second-order valence-electron chi connectivity index (χ2n) is 7.22. The number of phenolic OH excluding ortho intramolecular Hbond substituents is 1. The molecule has 0 heterocycles. The molecule has 0 radical (unpaired) electrons. The standard InChI is InChI=1S/C21H26N2O3S/c1-21(2,3)16-6-10-18(11-7-16)27-14-19(25)22-12-13-23-20(26)15-4-8-17(24)9-5-15/h4-11,24H,12-14H2,1-3H3,(H,22,25)(H,23,26). The number of hydrogen-bond donors (Lipinski definition) is 3. The van der Waals surface area contributed by atoms with Crippen molar-refractivity contribution in [2.45, 2.75) is 31.1 Å². The predicted octanol–water partition coefficient (Wildman–Crippen LogP) is 3.33. The Bertz CT molecular complexity index is 766. The van der Waals surface area contributed by atoms with Crippen LogP contribution in [-0.4, -0.2) is 35.8 Å². The summed E-state index contributed by atoms with van der Waals surface area (Å²) >= 11 is 1.49. The summed E-state index contributed by atoms with van der Waals surface area (Å²) in [6.07, 6.45) is 0. The molecule has 0 aliphatic heterocycles. The van der Waals surface area contributed by atoms with Gasteiger partial charge in [0.25, 0.3) is 5.91 Å². The van der Waals surface area contributed by atoms with E-state index in [-0.39, 0.29) is 23.0 Å². The molecule has 5 nitrogen and oxygen atoms in total. The number of carbonyl (C=O) groups excluding carboxylic acids is 2. The van der Waals surface area contributed by atoms with Crippen molar-refractivity contribution in [3.05, 3.63) is 59.7 Å². The zero-order valence-corrected chi connectivity index (χ0v) is 16.7. The first kappa shape index (κ1) is 20.8. The van der Waals surface area contributed by atoms with Crippen molar-refractivity contribution < 1.29 is 14.7 Å². The average molecular weight is 387 g/mol. The highest BCUT2D eigenvalue weighted by molar-refractivity contribution is 8.00. The third-order valence-electron chi connectivity index (χ3n) is 3.95. The van der Waals surface area contributed by atoms with Gasteiger partial charge in [0.05, 0.1) is 5.75 Å². The van der Waals surface area contributed by atoms with Crippen LogP contribution in [0.3, 0.4) is 0 Å². The average Bonchev–Trinajstić information content (AvgIpc) is 2.63. The summed E-state index contributed by atoms with van der Waals surface area (Å²) in [6.45, 7) is 7.22. The molecule has 2 amide bonds. The summed E-state index contributed by atoms with van der Waals surface area (Å²) in [5.41, 5.74) is 1.85. The van der Waals surface area contributed by atoms with Gasteiger partial charge in [-0.1, -0.05) is 32.9 Å². The quantitative estimate of drug-likeness (QED) is 0.504. The van der Waals surface area contributed by atoms with E-state index in [9.17, 15) is 14.7 Å². The monoisotopic (exact) mass is 386 g/mol. The number of benzene rings is 2. The summed E-state index contributed by atoms with van der Waals surface area (Å²) in [7, 11) is 0. The first-order chi connectivity index (χ1) is 12.8. The summed E-state index contributed by atoms with van der Waals surface area (Å²) in [4.78, 5) is 24.9. The fourth-order valence-corrected chi connectivity index (χ4v) is 3.07. The van der Waals surface area contributed by atoms with Gasteiger partial charge in [0.15, 0.2) is 0 Å². The molecular weight excluding hydrogens is 360 g/mol. The van der Waals surface area contributed by atoms with Crippen LogP contribution in [-0.2, 0) is 10.2 Å². The van der Waals surface area contributed by atoms with E-state index in [1.165, 1.54) is 29.5 Å². The second kappa shape index (κ2) is 9.46. The topological polar surface area (TPSA) is 78.4 Å². The Kier molecular flexibility index (Phi) is 7.30. The minimum absolute atomic E-state index is 0.0706. The van der Waals surface area contributed by atoms with Crippen LogP contribution in [0.2, 0.25) is 0 Å². The van der Waals surface area contributed by atoms with Crippen LogP contribution in [0.1, 0.15) is 36.7 Å². The minimum Gasteiger partial charge on any atom is -0.508 e. The molecule has 0 aromatic heterocycles. The number of thioether (sulfide) groups is 1. The number of nitrogens with one attached hydrogen (secondary N) is 2. The van der Waals surface area contributed by atoms with E-state index >= 15 is 0 Å². The Morgan fingerprint density at radius 2 is 1.52 bits per heavy atom. The largest absolute Gasteiger partial charge is 0.508 e. The zero-order valence-electron chi connectivity index (χ0n) is 15.9. The minimum atomic E-state index is -0.238. The number of amides is 2. The SMILES string of the molecule is CC(C)(C)c1ccc(SCC(=O)NCCNC(=O)c2ccc(O)cc2)cc1. The molecular formula is C21H26N2O3S. The van der Waals surface area contributed by atoms with Crippen molar-refractivity contribution >= 4 is 23.6 Å². The van der Waals surface area contributed by atoms with E-state index in [1.54, 1.807) is 12.1 Å². The molecule has 144 valence electrons. The zero-order chi connectivity index (χ0) is 19.9. The van der Waals surface area contributed by atoms with E-state index in [4.69, 9.17) is 0 Å².